The van der Waals surface area contributed by atoms with Gasteiger partial charge in [-0.05, 0) is 24.9 Å². The Bertz CT molecular complexity index is 480. The molecule has 0 aliphatic carbocycles. The molecule has 1 fully saturated rings. The lowest BCUT2D eigenvalue weighted by molar-refractivity contribution is -0.120. The monoisotopic (exact) mass is 257 g/mol. The molecule has 1 aliphatic heterocycles. The molecule has 1 unspecified atom stereocenters. The summed E-state index contributed by atoms with van der Waals surface area (Å²) in [5.41, 5.74) is 0.512. The summed E-state index contributed by atoms with van der Waals surface area (Å²) in [7, 11) is 0. The molecule has 0 saturated carbocycles. The minimum atomic E-state index is -0.723. The number of rotatable bonds is 3. The molecule has 1 amide bonds. The summed E-state index contributed by atoms with van der Waals surface area (Å²) in [4.78, 5) is 13.5. The zero-order valence-corrected chi connectivity index (χ0v) is 11.2. The number of hydrogen-bond acceptors (Lipinski definition) is 3. The Kier molecular flexibility index (Phi) is 4.18. The number of amides is 1. The van der Waals surface area contributed by atoms with Crippen molar-refractivity contribution in [2.75, 3.05) is 13.1 Å². The van der Waals surface area contributed by atoms with Gasteiger partial charge in [-0.3, -0.25) is 9.69 Å². The van der Waals surface area contributed by atoms with Crippen molar-refractivity contribution in [2.24, 2.45) is 0 Å². The molecule has 1 atom stereocenters. The van der Waals surface area contributed by atoms with E-state index in [2.05, 4.69) is 28.4 Å². The highest BCUT2D eigenvalue weighted by atomic mass is 16.1. The first-order valence-corrected chi connectivity index (χ1v) is 6.60. The topological polar surface area (TPSA) is 56.1 Å². The number of nitrogens with one attached hydrogen (secondary N) is 1. The Morgan fingerprint density at radius 3 is 2.84 bits per heavy atom. The standard InChI is InChI=1S/C15H19N3O/c1-13(19)17-15(11-16)8-5-9-18(12-15)10-14-6-3-2-4-7-14/h2-4,6-7H,5,8-10,12H2,1H3,(H,17,19). The highest BCUT2D eigenvalue weighted by Crippen LogP contribution is 2.22. The van der Waals surface area contributed by atoms with Gasteiger partial charge >= 0.3 is 0 Å². The number of hydrogen-bond donors (Lipinski definition) is 1. The SMILES string of the molecule is CC(=O)NC1(C#N)CCCN(Cc2ccccc2)C1. The third-order valence-electron chi connectivity index (χ3n) is 3.45. The maximum absolute atomic E-state index is 11.3. The summed E-state index contributed by atoms with van der Waals surface area (Å²) in [5.74, 6) is -0.136. The first kappa shape index (κ1) is 13.6. The fourth-order valence-corrected chi connectivity index (χ4v) is 2.68. The average molecular weight is 257 g/mol. The van der Waals surface area contributed by atoms with Gasteiger partial charge in [0.05, 0.1) is 6.07 Å². The second-order valence-electron chi connectivity index (χ2n) is 5.17. The molecule has 0 aromatic heterocycles. The summed E-state index contributed by atoms with van der Waals surface area (Å²) in [6.07, 6.45) is 1.66. The molecule has 4 nitrogen and oxygen atoms in total. The predicted molar refractivity (Wildman–Crippen MR) is 73.1 cm³/mol. The van der Waals surface area contributed by atoms with Gasteiger partial charge in [0.25, 0.3) is 0 Å². The molecule has 100 valence electrons. The van der Waals surface area contributed by atoms with Crippen LogP contribution >= 0.6 is 0 Å². The third kappa shape index (κ3) is 3.55. The molecule has 2 rings (SSSR count). The van der Waals surface area contributed by atoms with Crippen LogP contribution in [-0.2, 0) is 11.3 Å². The summed E-state index contributed by atoms with van der Waals surface area (Å²) in [6, 6.07) is 12.5. The van der Waals surface area contributed by atoms with E-state index in [1.807, 2.05) is 18.2 Å². The van der Waals surface area contributed by atoms with Crippen molar-refractivity contribution in [3.63, 3.8) is 0 Å². The number of nitriles is 1. The van der Waals surface area contributed by atoms with Gasteiger partial charge in [-0.1, -0.05) is 30.3 Å². The molecule has 0 radical (unpaired) electrons. The molecule has 1 N–H and O–H groups in total. The molecule has 4 heteroatoms. The van der Waals surface area contributed by atoms with E-state index in [4.69, 9.17) is 0 Å². The van der Waals surface area contributed by atoms with Gasteiger partial charge in [-0.2, -0.15) is 5.26 Å². The predicted octanol–water partition coefficient (Wildman–Crippen LogP) is 1.68. The van der Waals surface area contributed by atoms with Crippen molar-refractivity contribution in [1.29, 1.82) is 5.26 Å². The second-order valence-corrected chi connectivity index (χ2v) is 5.17. The Balaban J connectivity index is 2.04. The van der Waals surface area contributed by atoms with Gasteiger partial charge in [0.15, 0.2) is 0 Å². The largest absolute Gasteiger partial charge is 0.337 e. The van der Waals surface area contributed by atoms with E-state index >= 15 is 0 Å². The summed E-state index contributed by atoms with van der Waals surface area (Å²) in [5, 5.41) is 12.2. The normalized spacial score (nSPS) is 23.6. The molecule has 1 aliphatic rings. The molecule has 1 aromatic carbocycles. The van der Waals surface area contributed by atoms with E-state index < -0.39 is 5.54 Å². The number of carbonyl (C=O) groups excluding carboxylic acids is 1. The molecule has 1 saturated heterocycles. The van der Waals surface area contributed by atoms with Gasteiger partial charge in [0.2, 0.25) is 5.91 Å². The van der Waals surface area contributed by atoms with Crippen LogP contribution in [0.4, 0.5) is 0 Å². The Morgan fingerprint density at radius 1 is 1.47 bits per heavy atom. The molecular weight excluding hydrogens is 238 g/mol. The quantitative estimate of drug-likeness (QED) is 0.896. The smallest absolute Gasteiger partial charge is 0.218 e. The van der Waals surface area contributed by atoms with E-state index in [9.17, 15) is 10.1 Å². The van der Waals surface area contributed by atoms with Crippen molar-refractivity contribution >= 4 is 5.91 Å². The van der Waals surface area contributed by atoms with Crippen LogP contribution in [0.5, 0.6) is 0 Å². The van der Waals surface area contributed by atoms with Gasteiger partial charge < -0.3 is 5.32 Å². The van der Waals surface area contributed by atoms with E-state index in [0.29, 0.717) is 6.54 Å². The molecular formula is C15H19N3O. The molecule has 19 heavy (non-hydrogen) atoms. The number of benzene rings is 1. The average Bonchev–Trinajstić information content (AvgIpc) is 2.39. The van der Waals surface area contributed by atoms with Gasteiger partial charge in [-0.15, -0.1) is 0 Å². The van der Waals surface area contributed by atoms with Crippen molar-refractivity contribution < 1.29 is 4.79 Å². The summed E-state index contributed by atoms with van der Waals surface area (Å²) < 4.78 is 0. The number of piperidine rings is 1. The van der Waals surface area contributed by atoms with Crippen LogP contribution in [0.25, 0.3) is 0 Å². The van der Waals surface area contributed by atoms with E-state index in [1.54, 1.807) is 0 Å². The summed E-state index contributed by atoms with van der Waals surface area (Å²) >= 11 is 0. The van der Waals surface area contributed by atoms with Crippen molar-refractivity contribution in [3.8, 4) is 6.07 Å². The van der Waals surface area contributed by atoms with Crippen LogP contribution in [0, 0.1) is 11.3 Å². The first-order valence-electron chi connectivity index (χ1n) is 6.60. The Labute approximate surface area is 114 Å². The highest BCUT2D eigenvalue weighted by Gasteiger charge is 2.36. The van der Waals surface area contributed by atoms with Crippen LogP contribution in [0.3, 0.4) is 0 Å². The molecule has 1 aromatic rings. The maximum Gasteiger partial charge on any atom is 0.218 e. The summed E-state index contributed by atoms with van der Waals surface area (Å²) in [6.45, 7) is 3.86. The van der Waals surface area contributed by atoms with Crippen LogP contribution in [0.1, 0.15) is 25.3 Å². The van der Waals surface area contributed by atoms with Crippen molar-refractivity contribution in [3.05, 3.63) is 35.9 Å². The van der Waals surface area contributed by atoms with Crippen LogP contribution in [0.2, 0.25) is 0 Å². The third-order valence-corrected chi connectivity index (χ3v) is 3.45. The minimum Gasteiger partial charge on any atom is -0.337 e. The molecule has 1 heterocycles. The fourth-order valence-electron chi connectivity index (χ4n) is 2.68. The number of carbonyl (C=O) groups is 1. The zero-order valence-electron chi connectivity index (χ0n) is 11.2. The van der Waals surface area contributed by atoms with E-state index in [0.717, 1.165) is 25.9 Å². The highest BCUT2D eigenvalue weighted by molar-refractivity contribution is 5.74. The van der Waals surface area contributed by atoms with Gasteiger partial charge in [0.1, 0.15) is 5.54 Å². The van der Waals surface area contributed by atoms with Crippen LogP contribution in [0.15, 0.2) is 30.3 Å². The lowest BCUT2D eigenvalue weighted by atomic mass is 9.90. The second kappa shape index (κ2) is 5.85. The number of nitrogens with zero attached hydrogens (tertiary/aromatic N) is 2. The molecule has 0 bridgehead atoms. The maximum atomic E-state index is 11.3. The van der Waals surface area contributed by atoms with Crippen molar-refractivity contribution in [1.82, 2.24) is 10.2 Å². The fraction of sp³-hybridized carbons (Fsp3) is 0.467. The Morgan fingerprint density at radius 2 is 2.21 bits per heavy atom. The van der Waals surface area contributed by atoms with E-state index in [-0.39, 0.29) is 5.91 Å². The molecule has 0 spiro atoms. The van der Waals surface area contributed by atoms with E-state index in [1.165, 1.54) is 12.5 Å². The van der Waals surface area contributed by atoms with Crippen LogP contribution < -0.4 is 5.32 Å². The Hall–Kier alpha value is -1.86. The minimum absolute atomic E-state index is 0.136. The first-order chi connectivity index (χ1) is 9.13. The van der Waals surface area contributed by atoms with Gasteiger partial charge in [-0.25, -0.2) is 0 Å². The van der Waals surface area contributed by atoms with Crippen LogP contribution in [-0.4, -0.2) is 29.4 Å². The van der Waals surface area contributed by atoms with Gasteiger partial charge in [0, 0.05) is 20.0 Å². The zero-order chi connectivity index (χ0) is 13.7. The number of likely N-dealkylation sites (tertiary alicyclic amines) is 1. The van der Waals surface area contributed by atoms with Crippen molar-refractivity contribution in [2.45, 2.75) is 31.8 Å². The lowest BCUT2D eigenvalue weighted by Crippen LogP contribution is -2.57. The lowest BCUT2D eigenvalue weighted by Gasteiger charge is -2.38.